The zero-order chi connectivity index (χ0) is 26.8. The number of carbonyl (C=O) groups excluding carboxylic acids is 2. The van der Waals surface area contributed by atoms with Crippen LogP contribution in [0.3, 0.4) is 0 Å². The Balaban J connectivity index is 2.74. The van der Waals surface area contributed by atoms with Crippen LogP contribution in [0.5, 0.6) is 0 Å². The molecule has 2 amide bonds. The summed E-state index contributed by atoms with van der Waals surface area (Å²) in [4.78, 5) is 57.1. The molecule has 0 aromatic heterocycles. The van der Waals surface area contributed by atoms with Crippen molar-refractivity contribution in [2.24, 2.45) is 0 Å². The Hall–Kier alpha value is -3.75. The quantitative estimate of drug-likeness (QED) is 0.153. The Morgan fingerprint density at radius 2 is 1.33 bits per heavy atom. The molecule has 14 heteroatoms. The van der Waals surface area contributed by atoms with Gasteiger partial charge in [0.15, 0.2) is 0 Å². The number of carboxylic acids is 3. The number of benzene rings is 1. The van der Waals surface area contributed by atoms with Gasteiger partial charge in [-0.2, -0.15) is 0 Å². The van der Waals surface area contributed by atoms with E-state index >= 15 is 0 Å². The first-order chi connectivity index (χ1) is 17.2. The van der Waals surface area contributed by atoms with E-state index < -0.39 is 55.2 Å². The fraction of sp³-hybridized carbons (Fsp3) is 0.500. The van der Waals surface area contributed by atoms with E-state index in [1.54, 1.807) is 30.3 Å². The number of aliphatic carboxylic acids is 3. The van der Waals surface area contributed by atoms with E-state index in [9.17, 15) is 24.0 Å². The molecule has 0 unspecified atom stereocenters. The molecule has 1 atom stereocenters. The maximum Gasteiger partial charge on any atom is 0.408 e. The highest BCUT2D eigenvalue weighted by Crippen LogP contribution is 2.02. The van der Waals surface area contributed by atoms with Crippen molar-refractivity contribution in [2.75, 3.05) is 39.6 Å². The molecule has 0 radical (unpaired) electrons. The molecule has 0 aliphatic carbocycles. The molecule has 200 valence electrons. The van der Waals surface area contributed by atoms with E-state index in [0.29, 0.717) is 5.56 Å². The Kier molecular flexibility index (Phi) is 14.8. The smallest absolute Gasteiger partial charge is 0.408 e. The summed E-state index contributed by atoms with van der Waals surface area (Å²) in [6.07, 6.45) is -1.51. The number of nitrogens with one attached hydrogen (secondary N) is 2. The van der Waals surface area contributed by atoms with Gasteiger partial charge in [-0.3, -0.25) is 14.4 Å². The predicted molar refractivity (Wildman–Crippen MR) is 120 cm³/mol. The number of alkyl carbamates (subject to hydrolysis) is 1. The summed E-state index contributed by atoms with van der Waals surface area (Å²) < 4.78 is 20.5. The average Bonchev–Trinajstić information content (AvgIpc) is 2.82. The maximum atomic E-state index is 12.8. The summed E-state index contributed by atoms with van der Waals surface area (Å²) >= 11 is 0. The summed E-state index contributed by atoms with van der Waals surface area (Å²) in [5.74, 6) is -4.23. The minimum Gasteiger partial charge on any atom is -0.481 e. The third-order valence-corrected chi connectivity index (χ3v) is 4.24. The van der Waals surface area contributed by atoms with E-state index in [1.165, 1.54) is 0 Å². The van der Waals surface area contributed by atoms with Gasteiger partial charge in [0, 0.05) is 0 Å². The molecule has 14 nitrogen and oxygen atoms in total. The molecular weight excluding hydrogens is 484 g/mol. The van der Waals surface area contributed by atoms with Crippen LogP contribution >= 0.6 is 0 Å². The third-order valence-electron chi connectivity index (χ3n) is 4.24. The van der Waals surface area contributed by atoms with E-state index in [2.05, 4.69) is 10.6 Å². The molecule has 1 aromatic carbocycles. The first kappa shape index (κ1) is 30.3. The minimum absolute atomic E-state index is 0.0749. The molecule has 0 fully saturated rings. The molecule has 0 aliphatic rings. The molecule has 0 spiro atoms. The summed E-state index contributed by atoms with van der Waals surface area (Å²) in [7, 11) is 0. The molecule has 36 heavy (non-hydrogen) atoms. The van der Waals surface area contributed by atoms with Crippen molar-refractivity contribution in [1.82, 2.24) is 10.6 Å². The van der Waals surface area contributed by atoms with Crippen LogP contribution in [0.25, 0.3) is 0 Å². The van der Waals surface area contributed by atoms with Crippen LogP contribution in [0.4, 0.5) is 4.79 Å². The van der Waals surface area contributed by atoms with Gasteiger partial charge in [-0.15, -0.1) is 0 Å². The van der Waals surface area contributed by atoms with Crippen molar-refractivity contribution in [2.45, 2.75) is 31.5 Å². The normalized spacial score (nSPS) is 11.5. The Bertz CT molecular complexity index is 827. The molecule has 0 saturated carbocycles. The van der Waals surface area contributed by atoms with Gasteiger partial charge in [0.2, 0.25) is 5.91 Å². The number of amides is 2. The fourth-order valence-corrected chi connectivity index (χ4v) is 2.56. The number of hydrogen-bond acceptors (Lipinski definition) is 9. The first-order valence-electron chi connectivity index (χ1n) is 10.8. The lowest BCUT2D eigenvalue weighted by Gasteiger charge is -2.23. The Morgan fingerprint density at radius 1 is 0.750 bits per heavy atom. The highest BCUT2D eigenvalue weighted by Gasteiger charge is 2.25. The van der Waals surface area contributed by atoms with Crippen molar-refractivity contribution >= 4 is 29.9 Å². The monoisotopic (exact) mass is 514 g/mol. The number of ether oxygens (including phenoxy) is 4. The molecule has 0 heterocycles. The largest absolute Gasteiger partial charge is 0.481 e. The van der Waals surface area contributed by atoms with Crippen LogP contribution in [0.1, 0.15) is 18.4 Å². The summed E-state index contributed by atoms with van der Waals surface area (Å²) in [5.41, 5.74) is 0.702. The van der Waals surface area contributed by atoms with E-state index in [4.69, 9.17) is 34.3 Å². The van der Waals surface area contributed by atoms with E-state index in [1.807, 2.05) is 0 Å². The van der Waals surface area contributed by atoms with Crippen molar-refractivity contribution in [3.8, 4) is 0 Å². The lowest BCUT2D eigenvalue weighted by molar-refractivity contribution is -0.143. The van der Waals surface area contributed by atoms with Crippen LogP contribution in [0.2, 0.25) is 0 Å². The van der Waals surface area contributed by atoms with Crippen LogP contribution in [-0.2, 0) is 44.7 Å². The summed E-state index contributed by atoms with van der Waals surface area (Å²) in [5, 5.41) is 31.0. The Labute approximate surface area is 206 Å². The van der Waals surface area contributed by atoms with Crippen molar-refractivity contribution in [1.29, 1.82) is 0 Å². The summed E-state index contributed by atoms with van der Waals surface area (Å²) in [6.45, 7) is -1.93. The fourth-order valence-electron chi connectivity index (χ4n) is 2.56. The number of hydrogen-bond donors (Lipinski definition) is 5. The maximum absolute atomic E-state index is 12.8. The van der Waals surface area contributed by atoms with Gasteiger partial charge in [0.1, 0.15) is 19.3 Å². The summed E-state index contributed by atoms with van der Waals surface area (Å²) in [6, 6.07) is 6.56. The molecule has 1 rings (SSSR count). The number of carbonyl (C=O) groups is 5. The van der Waals surface area contributed by atoms with E-state index in [-0.39, 0.29) is 45.9 Å². The topological polar surface area (TPSA) is 207 Å². The standard InChI is InChI=1S/C22H30N2O12/c25-18(26)6-8-33-11-16(12-34-9-7-19(27)28)23-21(31)17(13-35-14-20(29)30)24-22(32)36-10-15-4-2-1-3-5-15/h1-5,16-17H,6-14H2,(H,23,31)(H,24,32)(H,25,26)(H,27,28)(H,29,30)/t17-/m0/s1. The molecule has 5 N–H and O–H groups in total. The van der Waals surface area contributed by atoms with Gasteiger partial charge in [-0.1, -0.05) is 30.3 Å². The molecule has 0 saturated heterocycles. The van der Waals surface area contributed by atoms with E-state index in [0.717, 1.165) is 0 Å². The van der Waals surface area contributed by atoms with Gasteiger partial charge in [0.05, 0.1) is 51.9 Å². The zero-order valence-electron chi connectivity index (χ0n) is 19.4. The van der Waals surface area contributed by atoms with Crippen molar-refractivity contribution in [3.63, 3.8) is 0 Å². The number of rotatable bonds is 19. The van der Waals surface area contributed by atoms with Crippen molar-refractivity contribution < 1.29 is 58.2 Å². The Morgan fingerprint density at radius 3 is 1.86 bits per heavy atom. The first-order valence-corrected chi connectivity index (χ1v) is 10.8. The second-order valence-electron chi connectivity index (χ2n) is 7.31. The lowest BCUT2D eigenvalue weighted by Crippen LogP contribution is -2.54. The highest BCUT2D eigenvalue weighted by molar-refractivity contribution is 5.86. The predicted octanol–water partition coefficient (Wildman–Crippen LogP) is -0.150. The minimum atomic E-state index is -1.35. The van der Waals surface area contributed by atoms with Gasteiger partial charge < -0.3 is 44.9 Å². The highest BCUT2D eigenvalue weighted by atomic mass is 16.6. The van der Waals surface area contributed by atoms with Gasteiger partial charge >= 0.3 is 24.0 Å². The average molecular weight is 514 g/mol. The third kappa shape index (κ3) is 15.2. The lowest BCUT2D eigenvalue weighted by atomic mass is 10.2. The van der Waals surface area contributed by atoms with Crippen molar-refractivity contribution in [3.05, 3.63) is 35.9 Å². The van der Waals surface area contributed by atoms with Crippen LogP contribution in [0.15, 0.2) is 30.3 Å². The van der Waals surface area contributed by atoms with Crippen LogP contribution < -0.4 is 10.6 Å². The zero-order valence-corrected chi connectivity index (χ0v) is 19.4. The molecule has 0 aliphatic heterocycles. The van der Waals surface area contributed by atoms with Crippen LogP contribution in [0, 0.1) is 0 Å². The number of carboxylic acid groups (broad SMARTS) is 3. The molecule has 1 aromatic rings. The SMILES string of the molecule is O=C(O)CCOCC(COCCC(=O)O)NC(=O)[C@H](COCC(=O)O)NC(=O)OCc1ccccc1. The van der Waals surface area contributed by atoms with Crippen LogP contribution in [-0.4, -0.2) is 97.0 Å². The molecule has 0 bridgehead atoms. The molecular formula is C22H30N2O12. The van der Waals surface area contributed by atoms with Gasteiger partial charge in [-0.05, 0) is 5.56 Å². The van der Waals surface area contributed by atoms with Gasteiger partial charge in [-0.25, -0.2) is 9.59 Å². The second kappa shape index (κ2) is 17.7. The van der Waals surface area contributed by atoms with Gasteiger partial charge in [0.25, 0.3) is 0 Å². The second-order valence-corrected chi connectivity index (χ2v) is 7.31.